The fourth-order valence-corrected chi connectivity index (χ4v) is 1.92. The minimum Gasteiger partial charge on any atom is -0.382 e. The molecular weight excluding hydrogens is 356 g/mol. The molecule has 0 rings (SSSR count). The third kappa shape index (κ3) is 20.9. The van der Waals surface area contributed by atoms with E-state index in [4.69, 9.17) is 23.7 Å². The molecule has 27 heavy (non-hydrogen) atoms. The monoisotopic (exact) mass is 392 g/mol. The van der Waals surface area contributed by atoms with Crippen LogP contribution in [0.1, 0.15) is 32.1 Å². The molecule has 0 aliphatic carbocycles. The van der Waals surface area contributed by atoms with E-state index < -0.39 is 0 Å². The third-order valence-corrected chi connectivity index (χ3v) is 3.49. The second kappa shape index (κ2) is 21.0. The third-order valence-electron chi connectivity index (χ3n) is 3.49. The highest BCUT2D eigenvalue weighted by molar-refractivity contribution is 5.76. The predicted octanol–water partition coefficient (Wildman–Crippen LogP) is 0.469. The summed E-state index contributed by atoms with van der Waals surface area (Å²) in [6, 6.07) is 0. The van der Waals surface area contributed by atoms with Gasteiger partial charge in [0.2, 0.25) is 11.8 Å². The standard InChI is InChI=1S/C18H36N2O7/c1-19-18(22)15-26-8-5-3-4-6-9-27-16-20-17(21)7-10-24-13-14-25-12-11-23-2/h3-16H2,1-2H3,(H,19,22)(H,20,21). The van der Waals surface area contributed by atoms with Crippen LogP contribution >= 0.6 is 0 Å². The Morgan fingerprint density at radius 2 is 1.33 bits per heavy atom. The number of nitrogens with one attached hydrogen (secondary N) is 2. The Hall–Kier alpha value is -1.26. The van der Waals surface area contributed by atoms with Crippen molar-refractivity contribution in [2.24, 2.45) is 0 Å². The Kier molecular flexibility index (Phi) is 20.1. The second-order valence-electron chi connectivity index (χ2n) is 5.76. The molecule has 0 spiro atoms. The van der Waals surface area contributed by atoms with Gasteiger partial charge in [-0.05, 0) is 12.8 Å². The summed E-state index contributed by atoms with van der Waals surface area (Å²) in [4.78, 5) is 22.5. The van der Waals surface area contributed by atoms with Gasteiger partial charge < -0.3 is 34.3 Å². The Morgan fingerprint density at radius 1 is 0.704 bits per heavy atom. The quantitative estimate of drug-likeness (QED) is 0.229. The van der Waals surface area contributed by atoms with Gasteiger partial charge in [0.05, 0.1) is 39.5 Å². The van der Waals surface area contributed by atoms with Crippen LogP contribution in [0.25, 0.3) is 0 Å². The first-order valence-electron chi connectivity index (χ1n) is 9.48. The molecule has 9 nitrogen and oxygen atoms in total. The molecule has 0 aromatic heterocycles. The molecule has 0 aromatic carbocycles. The fraction of sp³-hybridized carbons (Fsp3) is 0.889. The molecule has 2 amide bonds. The smallest absolute Gasteiger partial charge is 0.245 e. The topological polar surface area (TPSA) is 104 Å². The molecule has 0 atom stereocenters. The van der Waals surface area contributed by atoms with Crippen molar-refractivity contribution < 1.29 is 33.3 Å². The van der Waals surface area contributed by atoms with Gasteiger partial charge in [-0.1, -0.05) is 12.8 Å². The van der Waals surface area contributed by atoms with Gasteiger partial charge in [-0.2, -0.15) is 0 Å². The molecule has 0 aromatic rings. The number of methoxy groups -OCH3 is 1. The van der Waals surface area contributed by atoms with Crippen molar-refractivity contribution in [1.82, 2.24) is 10.6 Å². The van der Waals surface area contributed by atoms with E-state index in [1.165, 1.54) is 0 Å². The molecule has 160 valence electrons. The lowest BCUT2D eigenvalue weighted by molar-refractivity contribution is -0.125. The van der Waals surface area contributed by atoms with Crippen molar-refractivity contribution in [2.75, 3.05) is 73.7 Å². The zero-order valence-corrected chi connectivity index (χ0v) is 16.8. The first kappa shape index (κ1) is 25.7. The van der Waals surface area contributed by atoms with Gasteiger partial charge >= 0.3 is 0 Å². The van der Waals surface area contributed by atoms with Crippen LogP contribution in [0.5, 0.6) is 0 Å². The summed E-state index contributed by atoms with van der Waals surface area (Å²) in [5, 5.41) is 5.19. The Labute approximate surface area is 162 Å². The molecule has 0 aliphatic heterocycles. The number of rotatable bonds is 20. The molecule has 0 unspecified atom stereocenters. The average molecular weight is 392 g/mol. The molecule has 0 heterocycles. The van der Waals surface area contributed by atoms with Gasteiger partial charge in [-0.25, -0.2) is 0 Å². The molecule has 0 saturated heterocycles. The van der Waals surface area contributed by atoms with E-state index in [-0.39, 0.29) is 25.2 Å². The number of carbonyl (C=O) groups excluding carboxylic acids is 2. The van der Waals surface area contributed by atoms with Gasteiger partial charge in [-0.15, -0.1) is 0 Å². The highest BCUT2D eigenvalue weighted by atomic mass is 16.5. The maximum Gasteiger partial charge on any atom is 0.245 e. The molecule has 2 N–H and O–H groups in total. The van der Waals surface area contributed by atoms with Crippen LogP contribution in [0.2, 0.25) is 0 Å². The van der Waals surface area contributed by atoms with Crippen LogP contribution in [-0.4, -0.2) is 85.6 Å². The lowest BCUT2D eigenvalue weighted by atomic mass is 10.2. The van der Waals surface area contributed by atoms with Crippen LogP contribution in [0, 0.1) is 0 Å². The maximum atomic E-state index is 11.6. The molecule has 0 fully saturated rings. The van der Waals surface area contributed by atoms with Crippen LogP contribution in [0.15, 0.2) is 0 Å². The Morgan fingerprint density at radius 3 is 2.00 bits per heavy atom. The lowest BCUT2D eigenvalue weighted by Gasteiger charge is -2.08. The predicted molar refractivity (Wildman–Crippen MR) is 100 cm³/mol. The number of amides is 2. The van der Waals surface area contributed by atoms with Crippen molar-refractivity contribution in [3.8, 4) is 0 Å². The zero-order valence-electron chi connectivity index (χ0n) is 16.8. The molecule has 0 aliphatic rings. The second-order valence-corrected chi connectivity index (χ2v) is 5.76. The number of ether oxygens (including phenoxy) is 5. The van der Waals surface area contributed by atoms with Crippen LogP contribution in [-0.2, 0) is 33.3 Å². The normalized spacial score (nSPS) is 10.7. The first-order chi connectivity index (χ1) is 13.2. The summed E-state index contributed by atoms with van der Waals surface area (Å²) in [6.07, 6.45) is 4.20. The molecule has 0 bridgehead atoms. The van der Waals surface area contributed by atoms with E-state index in [0.29, 0.717) is 52.7 Å². The van der Waals surface area contributed by atoms with Gasteiger partial charge in [0.15, 0.2) is 0 Å². The fourth-order valence-electron chi connectivity index (χ4n) is 1.92. The van der Waals surface area contributed by atoms with Crippen LogP contribution < -0.4 is 10.6 Å². The van der Waals surface area contributed by atoms with Crippen LogP contribution in [0.4, 0.5) is 0 Å². The van der Waals surface area contributed by atoms with Crippen molar-refractivity contribution in [3.63, 3.8) is 0 Å². The average Bonchev–Trinajstić information content (AvgIpc) is 2.67. The van der Waals surface area contributed by atoms with E-state index in [2.05, 4.69) is 10.6 Å². The Bertz CT molecular complexity index is 357. The number of hydrogen-bond donors (Lipinski definition) is 2. The summed E-state index contributed by atoms with van der Waals surface area (Å²) >= 11 is 0. The molecule has 0 saturated carbocycles. The first-order valence-corrected chi connectivity index (χ1v) is 9.48. The summed E-state index contributed by atoms with van der Waals surface area (Å²) in [6.45, 7) is 3.96. The lowest BCUT2D eigenvalue weighted by Crippen LogP contribution is -2.27. The minimum absolute atomic E-state index is 0.0939. The van der Waals surface area contributed by atoms with Crippen molar-refractivity contribution >= 4 is 11.8 Å². The van der Waals surface area contributed by atoms with Crippen LogP contribution in [0.3, 0.4) is 0 Å². The summed E-state index contributed by atoms with van der Waals surface area (Å²) in [5.74, 6) is -0.201. The Balaban J connectivity index is 3.18. The largest absolute Gasteiger partial charge is 0.382 e. The highest BCUT2D eigenvalue weighted by Crippen LogP contribution is 2.00. The SMILES string of the molecule is CNC(=O)COCCCCCCOCNC(=O)CCOCCOCCOC. The van der Waals surface area contributed by atoms with Gasteiger partial charge in [0, 0.05) is 27.4 Å². The van der Waals surface area contributed by atoms with Gasteiger partial charge in [-0.3, -0.25) is 9.59 Å². The molecular formula is C18H36N2O7. The van der Waals surface area contributed by atoms with E-state index in [0.717, 1.165) is 25.7 Å². The summed E-state index contributed by atoms with van der Waals surface area (Å²) in [7, 11) is 3.21. The molecule has 9 heteroatoms. The minimum atomic E-state index is -0.107. The van der Waals surface area contributed by atoms with E-state index in [1.54, 1.807) is 14.2 Å². The number of carbonyl (C=O) groups is 2. The van der Waals surface area contributed by atoms with Crippen molar-refractivity contribution in [1.29, 1.82) is 0 Å². The number of unbranched alkanes of at least 4 members (excludes halogenated alkanes) is 3. The maximum absolute atomic E-state index is 11.6. The van der Waals surface area contributed by atoms with E-state index in [1.807, 2.05) is 0 Å². The van der Waals surface area contributed by atoms with Gasteiger partial charge in [0.1, 0.15) is 13.3 Å². The summed E-state index contributed by atoms with van der Waals surface area (Å²) in [5.41, 5.74) is 0. The van der Waals surface area contributed by atoms with Crippen molar-refractivity contribution in [2.45, 2.75) is 32.1 Å². The van der Waals surface area contributed by atoms with E-state index in [9.17, 15) is 9.59 Å². The number of hydrogen-bond acceptors (Lipinski definition) is 7. The summed E-state index contributed by atoms with van der Waals surface area (Å²) < 4.78 is 26.0. The van der Waals surface area contributed by atoms with E-state index >= 15 is 0 Å². The number of likely N-dealkylation sites (N-methyl/N-ethyl adjacent to an activating group) is 1. The van der Waals surface area contributed by atoms with Gasteiger partial charge in [0.25, 0.3) is 0 Å². The highest BCUT2D eigenvalue weighted by Gasteiger charge is 2.01. The zero-order chi connectivity index (χ0) is 20.0. The molecule has 0 radical (unpaired) electrons. The van der Waals surface area contributed by atoms with Crippen molar-refractivity contribution in [3.05, 3.63) is 0 Å².